The predicted octanol–water partition coefficient (Wildman–Crippen LogP) is 14.9. The van der Waals surface area contributed by atoms with Crippen LogP contribution in [0.1, 0.15) is 258 Å². The molecule has 0 aromatic heterocycles. The topological polar surface area (TPSA) is 95.9 Å². The van der Waals surface area contributed by atoms with E-state index < -0.39 is 18.2 Å². The molecule has 0 spiro atoms. The van der Waals surface area contributed by atoms with Gasteiger partial charge in [0, 0.05) is 6.42 Å². The molecular formula is C52H97NO5. The Kier molecular flexibility index (Phi) is 44.6. The van der Waals surface area contributed by atoms with E-state index in [0.29, 0.717) is 19.3 Å². The van der Waals surface area contributed by atoms with Crippen molar-refractivity contribution < 1.29 is 24.5 Å². The van der Waals surface area contributed by atoms with Crippen LogP contribution in [-0.4, -0.2) is 46.9 Å². The number of hydrogen-bond donors (Lipinski definition) is 3. The molecule has 0 heterocycles. The number of carbonyl (C=O) groups excluding carboxylic acids is 2. The molecule has 3 unspecified atom stereocenters. The minimum Gasteiger partial charge on any atom is -0.462 e. The van der Waals surface area contributed by atoms with E-state index in [9.17, 15) is 19.8 Å². The molecule has 0 fully saturated rings. The van der Waals surface area contributed by atoms with Gasteiger partial charge >= 0.3 is 5.97 Å². The van der Waals surface area contributed by atoms with Crippen molar-refractivity contribution in [2.75, 3.05) is 6.61 Å². The van der Waals surface area contributed by atoms with E-state index in [0.717, 1.165) is 77.0 Å². The van der Waals surface area contributed by atoms with Crippen LogP contribution in [0, 0.1) is 0 Å². The number of rotatable bonds is 45. The maximum atomic E-state index is 13.2. The van der Waals surface area contributed by atoms with Crippen molar-refractivity contribution in [3.05, 3.63) is 36.5 Å². The fraction of sp³-hybridized carbons (Fsp3) is 0.846. The van der Waals surface area contributed by atoms with Gasteiger partial charge in [0.15, 0.2) is 0 Å². The Hall–Kier alpha value is -1.92. The molecular weight excluding hydrogens is 719 g/mol. The largest absolute Gasteiger partial charge is 0.462 e. The molecule has 58 heavy (non-hydrogen) atoms. The number of ether oxygens (including phenoxy) is 1. The summed E-state index contributed by atoms with van der Waals surface area (Å²) >= 11 is 0. The molecule has 0 rings (SSSR count). The summed E-state index contributed by atoms with van der Waals surface area (Å²) in [7, 11) is 0. The van der Waals surface area contributed by atoms with Gasteiger partial charge in [0.05, 0.1) is 25.2 Å². The summed E-state index contributed by atoms with van der Waals surface area (Å²) in [5.74, 6) is -0.505. The third-order valence-electron chi connectivity index (χ3n) is 11.5. The second-order valence-electron chi connectivity index (χ2n) is 17.2. The van der Waals surface area contributed by atoms with Crippen LogP contribution in [0.3, 0.4) is 0 Å². The third kappa shape index (κ3) is 40.8. The van der Waals surface area contributed by atoms with Crippen molar-refractivity contribution in [2.45, 2.75) is 277 Å². The molecule has 0 radical (unpaired) electrons. The molecule has 1 amide bonds. The highest BCUT2D eigenvalue weighted by Gasteiger charge is 2.24. The summed E-state index contributed by atoms with van der Waals surface area (Å²) in [6.07, 6.45) is 53.4. The first kappa shape index (κ1) is 56.1. The summed E-state index contributed by atoms with van der Waals surface area (Å²) in [5.41, 5.74) is 0. The van der Waals surface area contributed by atoms with Gasteiger partial charge in [-0.1, -0.05) is 211 Å². The van der Waals surface area contributed by atoms with Gasteiger partial charge in [-0.2, -0.15) is 0 Å². The Bertz CT molecular complexity index is 961. The number of hydrogen-bond acceptors (Lipinski definition) is 5. The van der Waals surface area contributed by atoms with E-state index in [1.54, 1.807) is 0 Å². The highest BCUT2D eigenvalue weighted by molar-refractivity contribution is 5.77. The number of amides is 1. The lowest BCUT2D eigenvalue weighted by Crippen LogP contribution is -2.46. The smallest absolute Gasteiger partial charge is 0.306 e. The number of aliphatic hydroxyl groups excluding tert-OH is 2. The molecule has 0 aromatic rings. The Labute approximate surface area is 360 Å². The average molecular weight is 816 g/mol. The van der Waals surface area contributed by atoms with E-state index >= 15 is 0 Å². The van der Waals surface area contributed by atoms with Crippen LogP contribution >= 0.6 is 0 Å². The van der Waals surface area contributed by atoms with Crippen molar-refractivity contribution in [3.8, 4) is 0 Å². The zero-order valence-corrected chi connectivity index (χ0v) is 38.7. The van der Waals surface area contributed by atoms with Crippen LogP contribution in [0.15, 0.2) is 36.5 Å². The average Bonchev–Trinajstić information content (AvgIpc) is 3.22. The molecule has 340 valence electrons. The molecule has 0 aliphatic carbocycles. The van der Waals surface area contributed by atoms with E-state index in [1.807, 2.05) is 0 Å². The molecule has 0 saturated carbocycles. The minimum atomic E-state index is -0.793. The van der Waals surface area contributed by atoms with Crippen LogP contribution in [-0.2, 0) is 14.3 Å². The van der Waals surface area contributed by atoms with Crippen molar-refractivity contribution in [1.82, 2.24) is 5.32 Å². The second kappa shape index (κ2) is 46.2. The molecule has 3 atom stereocenters. The summed E-state index contributed by atoms with van der Waals surface area (Å²) in [4.78, 5) is 26.1. The van der Waals surface area contributed by atoms with Gasteiger partial charge < -0.3 is 20.3 Å². The lowest BCUT2D eigenvalue weighted by molar-refractivity contribution is -0.151. The van der Waals surface area contributed by atoms with Crippen LogP contribution in [0.25, 0.3) is 0 Å². The highest BCUT2D eigenvalue weighted by Crippen LogP contribution is 2.17. The number of allylic oxidation sites excluding steroid dienone is 6. The maximum absolute atomic E-state index is 13.2. The molecule has 0 bridgehead atoms. The van der Waals surface area contributed by atoms with E-state index in [-0.39, 0.29) is 24.9 Å². The molecule has 0 aromatic carbocycles. The fourth-order valence-corrected chi connectivity index (χ4v) is 7.58. The van der Waals surface area contributed by atoms with Gasteiger partial charge in [0.2, 0.25) is 5.91 Å². The van der Waals surface area contributed by atoms with Crippen LogP contribution < -0.4 is 5.32 Å². The molecule has 0 saturated heterocycles. The maximum Gasteiger partial charge on any atom is 0.306 e. The molecule has 0 aliphatic heterocycles. The van der Waals surface area contributed by atoms with Crippen molar-refractivity contribution in [3.63, 3.8) is 0 Å². The first-order valence-electron chi connectivity index (χ1n) is 25.2. The van der Waals surface area contributed by atoms with Crippen molar-refractivity contribution in [2.24, 2.45) is 0 Å². The standard InChI is InChI=1S/C52H97NO5/c1-4-7-10-13-16-19-22-24-25-26-27-29-31-34-37-40-43-48(58-52(57)45-42-39-36-33-28-21-18-15-12-9-6-3)46-51(56)53-49(47-54)50(55)44-41-38-35-32-30-23-20-17-14-11-8-5-2/h15,18,25-27,29,48-50,54-55H,4-14,16-17,19-24,28,30-47H2,1-3H3,(H,53,56)/b18-15-,26-25+,29-27+. The molecule has 0 aliphatic rings. The molecule has 6 nitrogen and oxygen atoms in total. The fourth-order valence-electron chi connectivity index (χ4n) is 7.58. The molecule has 6 heteroatoms. The van der Waals surface area contributed by atoms with E-state index in [4.69, 9.17) is 4.74 Å². The minimum absolute atomic E-state index is 0.0583. The quantitative estimate of drug-likeness (QED) is 0.0246. The first-order chi connectivity index (χ1) is 28.5. The lowest BCUT2D eigenvalue weighted by Gasteiger charge is -2.24. The Morgan fingerprint density at radius 2 is 0.897 bits per heavy atom. The van der Waals surface area contributed by atoms with Gasteiger partial charge in [0.1, 0.15) is 6.10 Å². The number of unbranched alkanes of at least 4 members (excludes halogenated alkanes) is 28. The molecule has 3 N–H and O–H groups in total. The SMILES string of the molecule is CCCC/C=C\CCCCCCCC(=O)OC(CCCCC/C=C/C=C/CCCCCCCCC)CC(=O)NC(CO)C(O)CCCCCCCCCCCCCC. The third-order valence-corrected chi connectivity index (χ3v) is 11.5. The highest BCUT2D eigenvalue weighted by atomic mass is 16.5. The van der Waals surface area contributed by atoms with Gasteiger partial charge in [-0.3, -0.25) is 9.59 Å². The van der Waals surface area contributed by atoms with Crippen LogP contribution in [0.2, 0.25) is 0 Å². The number of nitrogens with one attached hydrogen (secondary N) is 1. The monoisotopic (exact) mass is 816 g/mol. The number of aliphatic hydroxyl groups is 2. The summed E-state index contributed by atoms with van der Waals surface area (Å²) < 4.78 is 5.90. The van der Waals surface area contributed by atoms with Crippen LogP contribution in [0.5, 0.6) is 0 Å². The van der Waals surface area contributed by atoms with Gasteiger partial charge in [-0.05, 0) is 70.6 Å². The van der Waals surface area contributed by atoms with E-state index in [1.165, 1.54) is 135 Å². The Balaban J connectivity index is 4.63. The van der Waals surface area contributed by atoms with Gasteiger partial charge in [-0.15, -0.1) is 0 Å². The van der Waals surface area contributed by atoms with Gasteiger partial charge in [0.25, 0.3) is 0 Å². The predicted molar refractivity (Wildman–Crippen MR) is 250 cm³/mol. The summed E-state index contributed by atoms with van der Waals surface area (Å²) in [6, 6.07) is -0.709. The van der Waals surface area contributed by atoms with Crippen LogP contribution in [0.4, 0.5) is 0 Å². The summed E-state index contributed by atoms with van der Waals surface area (Å²) in [5, 5.41) is 23.7. The van der Waals surface area contributed by atoms with Crippen molar-refractivity contribution >= 4 is 11.9 Å². The Morgan fingerprint density at radius 1 is 0.500 bits per heavy atom. The number of esters is 1. The normalized spacial score (nSPS) is 13.5. The zero-order valence-electron chi connectivity index (χ0n) is 38.7. The van der Waals surface area contributed by atoms with E-state index in [2.05, 4.69) is 62.5 Å². The van der Waals surface area contributed by atoms with Gasteiger partial charge in [-0.25, -0.2) is 0 Å². The lowest BCUT2D eigenvalue weighted by atomic mass is 10.0. The second-order valence-corrected chi connectivity index (χ2v) is 17.2. The zero-order chi connectivity index (χ0) is 42.4. The summed E-state index contributed by atoms with van der Waals surface area (Å²) in [6.45, 7) is 6.43. The number of carbonyl (C=O) groups is 2. The first-order valence-corrected chi connectivity index (χ1v) is 25.2. The van der Waals surface area contributed by atoms with Crippen molar-refractivity contribution in [1.29, 1.82) is 0 Å². The Morgan fingerprint density at radius 3 is 1.40 bits per heavy atom.